The molecule has 0 aliphatic heterocycles. The van der Waals surface area contributed by atoms with E-state index in [4.69, 9.17) is 4.42 Å². The minimum atomic E-state index is -0.914. The lowest BCUT2D eigenvalue weighted by molar-refractivity contribution is -0.215. The van der Waals surface area contributed by atoms with Gasteiger partial charge in [0.2, 0.25) is 0 Å². The van der Waals surface area contributed by atoms with Crippen LogP contribution in [0.25, 0.3) is 0 Å². The predicted molar refractivity (Wildman–Crippen MR) is 107 cm³/mol. The molecule has 0 spiro atoms. The Balaban J connectivity index is 1.59. The fourth-order valence-electron chi connectivity index (χ4n) is 7.35. The van der Waals surface area contributed by atoms with Crippen LogP contribution in [0.15, 0.2) is 51.4 Å². The van der Waals surface area contributed by atoms with E-state index in [0.29, 0.717) is 6.42 Å². The zero-order chi connectivity index (χ0) is 19.7. The van der Waals surface area contributed by atoms with E-state index in [-0.39, 0.29) is 28.8 Å². The minimum Gasteiger partial charge on any atom is -0.431 e. The Labute approximate surface area is 166 Å². The molecule has 4 aliphatic rings. The monoisotopic (exact) mass is 382 g/mol. The van der Waals surface area contributed by atoms with E-state index in [1.807, 2.05) is 0 Å². The summed E-state index contributed by atoms with van der Waals surface area (Å²) in [5, 5.41) is 23.6. The van der Waals surface area contributed by atoms with Crippen molar-refractivity contribution in [3.63, 3.8) is 0 Å². The summed E-state index contributed by atoms with van der Waals surface area (Å²) in [7, 11) is 0. The predicted octanol–water partition coefficient (Wildman–Crippen LogP) is 3.94. The molecule has 28 heavy (non-hydrogen) atoms. The van der Waals surface area contributed by atoms with Crippen LogP contribution in [-0.4, -0.2) is 21.9 Å². The highest BCUT2D eigenvalue weighted by atomic mass is 16.4. The first kappa shape index (κ1) is 18.4. The van der Waals surface area contributed by atoms with E-state index < -0.39 is 17.1 Å². The highest BCUT2D eigenvalue weighted by Gasteiger charge is 2.69. The molecule has 1 aromatic rings. The average molecular weight is 383 g/mol. The van der Waals surface area contributed by atoms with Crippen molar-refractivity contribution in [3.8, 4) is 0 Å². The van der Waals surface area contributed by atoms with Crippen LogP contribution in [0, 0.1) is 22.7 Å². The van der Waals surface area contributed by atoms with Crippen LogP contribution in [0.2, 0.25) is 0 Å². The fraction of sp³-hybridized carbons (Fsp3) is 0.625. The molecular weight excluding hydrogens is 352 g/mol. The van der Waals surface area contributed by atoms with Crippen molar-refractivity contribution in [2.45, 2.75) is 70.0 Å². The molecule has 1 aromatic heterocycles. The van der Waals surface area contributed by atoms with Gasteiger partial charge in [0.25, 0.3) is 0 Å². The van der Waals surface area contributed by atoms with E-state index in [1.54, 1.807) is 6.07 Å². The van der Waals surface area contributed by atoms with Gasteiger partial charge in [0, 0.05) is 11.5 Å². The number of fused-ring (bicyclic) bond motifs is 5. The van der Waals surface area contributed by atoms with Gasteiger partial charge in [-0.05, 0) is 78.9 Å². The standard InChI is InChI=1S/C24H30O4/c1-22-11-4-3-5-16(22)7-8-18-19(22)13-20(25)23(2)17(10-12-24(18,23)27)15-6-9-21(26)28-14-15/h3,5-7,9,14,17-20,25,27H,4,8,10-13H2,1-2H3. The van der Waals surface area contributed by atoms with Crippen molar-refractivity contribution in [2.24, 2.45) is 22.7 Å². The van der Waals surface area contributed by atoms with Crippen molar-refractivity contribution in [1.29, 1.82) is 0 Å². The fourth-order valence-corrected chi connectivity index (χ4v) is 7.35. The second kappa shape index (κ2) is 5.93. The summed E-state index contributed by atoms with van der Waals surface area (Å²) in [6, 6.07) is 3.25. The Kier molecular flexibility index (Phi) is 3.89. The molecule has 0 bridgehead atoms. The van der Waals surface area contributed by atoms with Crippen molar-refractivity contribution < 1.29 is 14.6 Å². The first-order valence-corrected chi connectivity index (χ1v) is 10.7. The average Bonchev–Trinajstić information content (AvgIpc) is 2.96. The van der Waals surface area contributed by atoms with Gasteiger partial charge in [0.1, 0.15) is 0 Å². The van der Waals surface area contributed by atoms with Crippen molar-refractivity contribution in [1.82, 2.24) is 0 Å². The molecular formula is C24H30O4. The molecule has 0 aromatic carbocycles. The van der Waals surface area contributed by atoms with Crippen LogP contribution in [0.3, 0.4) is 0 Å². The molecule has 0 saturated heterocycles. The van der Waals surface area contributed by atoms with E-state index in [0.717, 1.165) is 37.7 Å². The third-order valence-electron chi connectivity index (χ3n) is 9.06. The summed E-state index contributed by atoms with van der Waals surface area (Å²) in [5.74, 6) is 0.432. The zero-order valence-electron chi connectivity index (χ0n) is 16.7. The van der Waals surface area contributed by atoms with Gasteiger partial charge in [0.05, 0.1) is 18.0 Å². The molecule has 2 saturated carbocycles. The van der Waals surface area contributed by atoms with E-state index in [9.17, 15) is 15.0 Å². The third kappa shape index (κ3) is 2.16. The van der Waals surface area contributed by atoms with Gasteiger partial charge >= 0.3 is 5.63 Å². The maximum Gasteiger partial charge on any atom is 0.335 e. The highest BCUT2D eigenvalue weighted by molar-refractivity contribution is 5.37. The Bertz CT molecular complexity index is 893. The molecule has 7 atom stereocenters. The minimum absolute atomic E-state index is 0.0118. The lowest BCUT2D eigenvalue weighted by Gasteiger charge is -2.62. The maximum atomic E-state index is 12.1. The van der Waals surface area contributed by atoms with Crippen molar-refractivity contribution in [2.75, 3.05) is 0 Å². The maximum absolute atomic E-state index is 12.1. The normalized spacial score (nSPS) is 47.1. The molecule has 150 valence electrons. The molecule has 0 radical (unpaired) electrons. The second-order valence-electron chi connectivity index (χ2n) is 9.90. The van der Waals surface area contributed by atoms with Gasteiger partial charge in [-0.2, -0.15) is 0 Å². The Morgan fingerprint density at radius 2 is 2.00 bits per heavy atom. The van der Waals surface area contributed by atoms with E-state index >= 15 is 0 Å². The molecule has 1 heterocycles. The van der Waals surface area contributed by atoms with Crippen LogP contribution in [-0.2, 0) is 0 Å². The van der Waals surface area contributed by atoms with E-state index in [1.165, 1.54) is 17.9 Å². The molecule has 4 aliphatic carbocycles. The van der Waals surface area contributed by atoms with Crippen LogP contribution in [0.4, 0.5) is 0 Å². The summed E-state index contributed by atoms with van der Waals surface area (Å²) in [6.45, 7) is 4.38. The number of aliphatic hydroxyl groups is 2. The Morgan fingerprint density at radius 1 is 1.18 bits per heavy atom. The summed E-state index contributed by atoms with van der Waals surface area (Å²) in [5.41, 5.74) is 0.415. The quantitative estimate of drug-likeness (QED) is 0.772. The van der Waals surface area contributed by atoms with Crippen molar-refractivity contribution in [3.05, 3.63) is 58.2 Å². The lowest BCUT2D eigenvalue weighted by Crippen LogP contribution is -2.65. The third-order valence-corrected chi connectivity index (χ3v) is 9.06. The van der Waals surface area contributed by atoms with Gasteiger partial charge in [-0.15, -0.1) is 0 Å². The number of aliphatic hydroxyl groups excluding tert-OH is 1. The molecule has 2 fully saturated rings. The second-order valence-corrected chi connectivity index (χ2v) is 9.90. The van der Waals surface area contributed by atoms with Gasteiger partial charge in [0.15, 0.2) is 0 Å². The zero-order valence-corrected chi connectivity index (χ0v) is 16.7. The van der Waals surface area contributed by atoms with Crippen molar-refractivity contribution >= 4 is 0 Å². The Morgan fingerprint density at radius 3 is 2.75 bits per heavy atom. The number of hydrogen-bond donors (Lipinski definition) is 2. The summed E-state index contributed by atoms with van der Waals surface area (Å²) in [6.07, 6.45) is 13.0. The molecule has 5 rings (SSSR count). The molecule has 0 amide bonds. The first-order chi connectivity index (χ1) is 13.3. The number of hydrogen-bond acceptors (Lipinski definition) is 4. The van der Waals surface area contributed by atoms with Gasteiger partial charge in [-0.1, -0.05) is 32.1 Å². The smallest absolute Gasteiger partial charge is 0.335 e. The van der Waals surface area contributed by atoms with Gasteiger partial charge < -0.3 is 14.6 Å². The first-order valence-electron chi connectivity index (χ1n) is 10.7. The molecule has 4 nitrogen and oxygen atoms in total. The SMILES string of the molecule is CC12CCC=CC1=CCC1C2CC(O)C2(C)C(c3ccc(=O)oc3)CCC12O. The van der Waals surface area contributed by atoms with Crippen LogP contribution in [0.1, 0.15) is 63.9 Å². The Hall–Kier alpha value is -1.65. The largest absolute Gasteiger partial charge is 0.431 e. The van der Waals surface area contributed by atoms with Crippen LogP contribution in [0.5, 0.6) is 0 Å². The lowest BCUT2D eigenvalue weighted by atomic mass is 9.45. The molecule has 2 N–H and O–H groups in total. The highest BCUT2D eigenvalue weighted by Crippen LogP contribution is 2.69. The molecule has 4 heteroatoms. The number of rotatable bonds is 1. The van der Waals surface area contributed by atoms with Crippen LogP contribution >= 0.6 is 0 Å². The molecule has 7 unspecified atom stereocenters. The topological polar surface area (TPSA) is 70.7 Å². The summed E-state index contributed by atoms with van der Waals surface area (Å²) in [4.78, 5) is 11.4. The van der Waals surface area contributed by atoms with Gasteiger partial charge in [-0.25, -0.2) is 4.79 Å². The number of allylic oxidation sites excluding steroid dienone is 4. The van der Waals surface area contributed by atoms with E-state index in [2.05, 4.69) is 32.1 Å². The van der Waals surface area contributed by atoms with Gasteiger partial charge in [-0.3, -0.25) is 0 Å². The summed E-state index contributed by atoms with van der Waals surface area (Å²) >= 11 is 0. The summed E-state index contributed by atoms with van der Waals surface area (Å²) < 4.78 is 5.12. The van der Waals surface area contributed by atoms with Crippen LogP contribution < -0.4 is 5.63 Å².